The first-order valence-electron chi connectivity index (χ1n) is 5.99. The zero-order valence-electron chi connectivity index (χ0n) is 10.8. The van der Waals surface area contributed by atoms with Crippen LogP contribution in [-0.2, 0) is 0 Å². The zero-order chi connectivity index (χ0) is 12.7. The Balaban J connectivity index is 2.65. The predicted molar refractivity (Wildman–Crippen MR) is 73.0 cm³/mol. The number of methoxy groups -OCH3 is 1. The minimum Gasteiger partial charge on any atom is -0.481 e. The summed E-state index contributed by atoms with van der Waals surface area (Å²) in [6.07, 6.45) is 3.88. The fourth-order valence-corrected chi connectivity index (χ4v) is 2.13. The minimum atomic E-state index is 0.165. The molecule has 1 aromatic rings. The summed E-state index contributed by atoms with van der Waals surface area (Å²) >= 11 is 6.07. The molecule has 0 radical (unpaired) electrons. The highest BCUT2D eigenvalue weighted by atomic mass is 35.5. The van der Waals surface area contributed by atoms with Gasteiger partial charge in [0.15, 0.2) is 0 Å². The van der Waals surface area contributed by atoms with E-state index in [0.29, 0.717) is 11.8 Å². The molecule has 96 valence electrons. The predicted octanol–water partition coefficient (Wildman–Crippen LogP) is 3.55. The van der Waals surface area contributed by atoms with Crippen LogP contribution in [0.3, 0.4) is 0 Å². The number of rotatable bonds is 7. The fraction of sp³-hybridized carbons (Fsp3) is 0.615. The maximum atomic E-state index is 6.07. The summed E-state index contributed by atoms with van der Waals surface area (Å²) in [5.74, 6) is 1.30. The quantitative estimate of drug-likeness (QED) is 0.758. The summed E-state index contributed by atoms with van der Waals surface area (Å²) in [5.41, 5.74) is 1.19. The molecule has 0 aliphatic rings. The van der Waals surface area contributed by atoms with Gasteiger partial charge in [-0.1, -0.05) is 13.8 Å². The molecule has 0 aromatic carbocycles. The van der Waals surface area contributed by atoms with Crippen molar-refractivity contribution in [2.45, 2.75) is 26.7 Å². The van der Waals surface area contributed by atoms with Gasteiger partial charge in [0.05, 0.1) is 7.11 Å². The first kappa shape index (κ1) is 14.1. The summed E-state index contributed by atoms with van der Waals surface area (Å²) in [5, 5.41) is 3.41. The third-order valence-electron chi connectivity index (χ3n) is 3.39. The average Bonchev–Trinajstić information content (AvgIpc) is 2.41. The molecule has 0 spiro atoms. The van der Waals surface area contributed by atoms with Gasteiger partial charge in [-0.15, -0.1) is 11.6 Å². The van der Waals surface area contributed by atoms with Gasteiger partial charge in [-0.05, 0) is 18.9 Å². The highest BCUT2D eigenvalue weighted by Crippen LogP contribution is 2.28. The minimum absolute atomic E-state index is 0.165. The van der Waals surface area contributed by atoms with Crippen molar-refractivity contribution in [1.29, 1.82) is 0 Å². The number of anilines is 1. The van der Waals surface area contributed by atoms with Crippen LogP contribution in [0.1, 0.15) is 26.7 Å². The molecular formula is C13H21ClN2O. The topological polar surface area (TPSA) is 34.2 Å². The number of alkyl halides is 1. The standard InChI is InChI=1S/C13H21ClN2O/c1-4-13(5-2,9-14)10-16-11-6-7-15-12(8-11)17-3/h6-8H,4-5,9-10H2,1-3H3,(H,15,16). The molecule has 1 rings (SSSR count). The maximum Gasteiger partial charge on any atom is 0.214 e. The van der Waals surface area contributed by atoms with Crippen molar-refractivity contribution in [1.82, 2.24) is 4.98 Å². The normalized spacial score (nSPS) is 11.3. The molecule has 0 atom stereocenters. The Labute approximate surface area is 109 Å². The van der Waals surface area contributed by atoms with Crippen molar-refractivity contribution < 1.29 is 4.74 Å². The third kappa shape index (κ3) is 3.77. The molecule has 0 saturated carbocycles. The van der Waals surface area contributed by atoms with Gasteiger partial charge in [-0.3, -0.25) is 0 Å². The summed E-state index contributed by atoms with van der Waals surface area (Å²) in [7, 11) is 1.62. The lowest BCUT2D eigenvalue weighted by Gasteiger charge is -2.29. The molecule has 1 heterocycles. The largest absolute Gasteiger partial charge is 0.481 e. The molecule has 0 bridgehead atoms. The smallest absolute Gasteiger partial charge is 0.214 e. The van der Waals surface area contributed by atoms with Crippen molar-refractivity contribution in [2.24, 2.45) is 5.41 Å². The van der Waals surface area contributed by atoms with Crippen LogP contribution in [-0.4, -0.2) is 24.5 Å². The second kappa shape index (κ2) is 6.70. The first-order valence-corrected chi connectivity index (χ1v) is 6.53. The van der Waals surface area contributed by atoms with Gasteiger partial charge in [0, 0.05) is 35.8 Å². The Morgan fingerprint density at radius 2 is 2.12 bits per heavy atom. The second-order valence-electron chi connectivity index (χ2n) is 4.28. The Hall–Kier alpha value is -0.960. The van der Waals surface area contributed by atoms with Gasteiger partial charge in [-0.25, -0.2) is 4.98 Å². The van der Waals surface area contributed by atoms with Crippen LogP contribution in [0.25, 0.3) is 0 Å². The van der Waals surface area contributed by atoms with E-state index in [-0.39, 0.29) is 5.41 Å². The van der Waals surface area contributed by atoms with Crippen molar-refractivity contribution >= 4 is 17.3 Å². The van der Waals surface area contributed by atoms with E-state index in [2.05, 4.69) is 24.1 Å². The molecule has 17 heavy (non-hydrogen) atoms. The molecule has 0 amide bonds. The number of hydrogen-bond donors (Lipinski definition) is 1. The van der Waals surface area contributed by atoms with Gasteiger partial charge in [-0.2, -0.15) is 0 Å². The van der Waals surface area contributed by atoms with E-state index in [1.807, 2.05) is 12.1 Å². The molecule has 0 fully saturated rings. The second-order valence-corrected chi connectivity index (χ2v) is 4.55. The van der Waals surface area contributed by atoms with E-state index in [1.54, 1.807) is 13.3 Å². The van der Waals surface area contributed by atoms with Crippen molar-refractivity contribution in [3.8, 4) is 5.88 Å². The lowest BCUT2D eigenvalue weighted by atomic mass is 9.84. The van der Waals surface area contributed by atoms with E-state index in [9.17, 15) is 0 Å². The zero-order valence-corrected chi connectivity index (χ0v) is 11.5. The number of ether oxygens (including phenoxy) is 1. The Morgan fingerprint density at radius 3 is 2.65 bits per heavy atom. The highest BCUT2D eigenvalue weighted by Gasteiger charge is 2.24. The number of pyridine rings is 1. The summed E-state index contributed by atoms with van der Waals surface area (Å²) in [4.78, 5) is 4.07. The van der Waals surface area contributed by atoms with Gasteiger partial charge in [0.25, 0.3) is 0 Å². The number of halogens is 1. The Morgan fingerprint density at radius 1 is 1.41 bits per heavy atom. The van der Waals surface area contributed by atoms with Gasteiger partial charge in [0.1, 0.15) is 0 Å². The van der Waals surface area contributed by atoms with Crippen LogP contribution in [0.5, 0.6) is 5.88 Å². The number of nitrogens with zero attached hydrogens (tertiary/aromatic N) is 1. The molecule has 4 heteroatoms. The van der Waals surface area contributed by atoms with E-state index in [0.717, 1.165) is 25.1 Å². The lowest BCUT2D eigenvalue weighted by molar-refractivity contribution is 0.326. The molecule has 0 saturated heterocycles. The first-order chi connectivity index (χ1) is 8.19. The Kier molecular flexibility index (Phi) is 5.56. The van der Waals surface area contributed by atoms with Crippen LogP contribution in [0.2, 0.25) is 0 Å². The van der Waals surface area contributed by atoms with Gasteiger partial charge in [0.2, 0.25) is 5.88 Å². The van der Waals surface area contributed by atoms with Crippen LogP contribution in [0.4, 0.5) is 5.69 Å². The van der Waals surface area contributed by atoms with Crippen LogP contribution in [0.15, 0.2) is 18.3 Å². The summed E-state index contributed by atoms with van der Waals surface area (Å²) in [6, 6.07) is 3.83. The van der Waals surface area contributed by atoms with E-state index in [4.69, 9.17) is 16.3 Å². The average molecular weight is 257 g/mol. The molecule has 1 N–H and O–H groups in total. The molecule has 1 aromatic heterocycles. The summed E-state index contributed by atoms with van der Waals surface area (Å²) in [6.45, 7) is 5.23. The van der Waals surface area contributed by atoms with Crippen molar-refractivity contribution in [3.05, 3.63) is 18.3 Å². The van der Waals surface area contributed by atoms with E-state index < -0.39 is 0 Å². The van der Waals surface area contributed by atoms with Crippen LogP contribution >= 0.6 is 11.6 Å². The third-order valence-corrected chi connectivity index (χ3v) is 3.96. The molecule has 0 aliphatic heterocycles. The van der Waals surface area contributed by atoms with Crippen molar-refractivity contribution in [3.63, 3.8) is 0 Å². The van der Waals surface area contributed by atoms with Crippen LogP contribution < -0.4 is 10.1 Å². The highest BCUT2D eigenvalue weighted by molar-refractivity contribution is 6.18. The molecule has 0 aliphatic carbocycles. The monoisotopic (exact) mass is 256 g/mol. The van der Waals surface area contributed by atoms with E-state index >= 15 is 0 Å². The number of nitrogens with one attached hydrogen (secondary N) is 1. The maximum absolute atomic E-state index is 6.07. The lowest BCUT2D eigenvalue weighted by Crippen LogP contribution is -2.30. The summed E-state index contributed by atoms with van der Waals surface area (Å²) < 4.78 is 5.09. The number of aromatic nitrogens is 1. The van der Waals surface area contributed by atoms with E-state index in [1.165, 1.54) is 0 Å². The SMILES string of the molecule is CCC(CC)(CCl)CNc1ccnc(OC)c1. The van der Waals surface area contributed by atoms with Crippen LogP contribution in [0, 0.1) is 5.41 Å². The molecular weight excluding hydrogens is 236 g/mol. The molecule has 0 unspecified atom stereocenters. The Bertz CT molecular complexity index is 332. The van der Waals surface area contributed by atoms with Gasteiger partial charge < -0.3 is 10.1 Å². The number of hydrogen-bond acceptors (Lipinski definition) is 3. The molecule has 3 nitrogen and oxygen atoms in total. The van der Waals surface area contributed by atoms with Crippen molar-refractivity contribution in [2.75, 3.05) is 24.9 Å². The fourth-order valence-electron chi connectivity index (χ4n) is 1.66. The van der Waals surface area contributed by atoms with Gasteiger partial charge >= 0.3 is 0 Å².